The van der Waals surface area contributed by atoms with Crippen LogP contribution in [0, 0.1) is 5.41 Å². The molecule has 14 heavy (non-hydrogen) atoms. The molecule has 1 aliphatic carbocycles. The summed E-state index contributed by atoms with van der Waals surface area (Å²) in [6.45, 7) is 4.47. The van der Waals surface area contributed by atoms with E-state index in [0.717, 1.165) is 6.54 Å². The van der Waals surface area contributed by atoms with E-state index in [1.54, 1.807) is 0 Å². The summed E-state index contributed by atoms with van der Waals surface area (Å²) in [6.07, 6.45) is 4.05. The summed E-state index contributed by atoms with van der Waals surface area (Å²) in [5.41, 5.74) is 2.08. The average molecular weight is 189 g/mol. The summed E-state index contributed by atoms with van der Waals surface area (Å²) >= 11 is 0. The highest BCUT2D eigenvalue weighted by atomic mass is 14.9. The number of benzene rings is 1. The predicted molar refractivity (Wildman–Crippen MR) is 60.4 cm³/mol. The van der Waals surface area contributed by atoms with Crippen LogP contribution in [-0.4, -0.2) is 13.1 Å². The molecule has 2 rings (SSSR count). The lowest BCUT2D eigenvalue weighted by Gasteiger charge is -2.15. The maximum absolute atomic E-state index is 3.47. The summed E-state index contributed by atoms with van der Waals surface area (Å²) in [4.78, 5) is 0. The quantitative estimate of drug-likeness (QED) is 0.750. The third kappa shape index (κ3) is 2.36. The molecular formula is C13H19N. The van der Waals surface area contributed by atoms with E-state index in [2.05, 4.69) is 42.6 Å². The monoisotopic (exact) mass is 189 g/mol. The van der Waals surface area contributed by atoms with Gasteiger partial charge in [-0.25, -0.2) is 0 Å². The van der Waals surface area contributed by atoms with Crippen molar-refractivity contribution in [1.82, 2.24) is 5.32 Å². The first-order chi connectivity index (χ1) is 6.85. The Kier molecular flexibility index (Phi) is 2.87. The highest BCUT2D eigenvalue weighted by Gasteiger charge is 2.41. The molecule has 1 N–H and O–H groups in total. The van der Waals surface area contributed by atoms with Crippen LogP contribution in [0.1, 0.15) is 25.3 Å². The Morgan fingerprint density at radius 3 is 2.50 bits per heavy atom. The Labute approximate surface area is 86.5 Å². The van der Waals surface area contributed by atoms with Crippen molar-refractivity contribution in [2.24, 2.45) is 5.41 Å². The van der Waals surface area contributed by atoms with Crippen LogP contribution in [0.25, 0.3) is 0 Å². The van der Waals surface area contributed by atoms with Gasteiger partial charge in [-0.2, -0.15) is 0 Å². The van der Waals surface area contributed by atoms with E-state index in [9.17, 15) is 0 Å². The molecule has 0 bridgehead atoms. The van der Waals surface area contributed by atoms with E-state index in [1.165, 1.54) is 31.4 Å². The first-order valence-corrected chi connectivity index (χ1v) is 5.59. The van der Waals surface area contributed by atoms with Gasteiger partial charge >= 0.3 is 0 Å². The lowest BCUT2D eigenvalue weighted by molar-refractivity contribution is 0.463. The second-order valence-corrected chi connectivity index (χ2v) is 4.44. The fourth-order valence-corrected chi connectivity index (χ4v) is 2.01. The molecule has 1 aromatic rings. The van der Waals surface area contributed by atoms with Gasteiger partial charge in [-0.15, -0.1) is 0 Å². The van der Waals surface area contributed by atoms with Crippen LogP contribution in [0.15, 0.2) is 30.3 Å². The zero-order valence-corrected chi connectivity index (χ0v) is 8.92. The average Bonchev–Trinajstić information content (AvgIpc) is 2.97. The molecule has 76 valence electrons. The highest BCUT2D eigenvalue weighted by Crippen LogP contribution is 2.47. The molecule has 0 atom stereocenters. The molecule has 0 unspecified atom stereocenters. The molecular weight excluding hydrogens is 170 g/mol. The van der Waals surface area contributed by atoms with Gasteiger partial charge in [-0.3, -0.25) is 0 Å². The molecule has 0 saturated heterocycles. The third-order valence-electron chi connectivity index (χ3n) is 3.13. The largest absolute Gasteiger partial charge is 0.316 e. The van der Waals surface area contributed by atoms with Gasteiger partial charge in [-0.05, 0) is 36.8 Å². The van der Waals surface area contributed by atoms with Crippen molar-refractivity contribution in [2.75, 3.05) is 13.1 Å². The Hall–Kier alpha value is -0.820. The normalized spacial score (nSPS) is 18.1. The van der Waals surface area contributed by atoms with Gasteiger partial charge in [0.25, 0.3) is 0 Å². The summed E-state index contributed by atoms with van der Waals surface area (Å²) in [6, 6.07) is 10.8. The summed E-state index contributed by atoms with van der Waals surface area (Å²) in [5.74, 6) is 0. The van der Waals surface area contributed by atoms with E-state index in [0.29, 0.717) is 5.41 Å². The van der Waals surface area contributed by atoms with Crippen LogP contribution in [-0.2, 0) is 6.42 Å². The summed E-state index contributed by atoms with van der Waals surface area (Å²) in [7, 11) is 0. The fourth-order valence-electron chi connectivity index (χ4n) is 2.01. The molecule has 1 saturated carbocycles. The molecule has 0 radical (unpaired) electrons. The second-order valence-electron chi connectivity index (χ2n) is 4.44. The molecule has 1 aliphatic rings. The zero-order valence-electron chi connectivity index (χ0n) is 8.92. The molecule has 1 aromatic carbocycles. The maximum Gasteiger partial charge on any atom is 0.00109 e. The summed E-state index contributed by atoms with van der Waals surface area (Å²) in [5, 5.41) is 3.47. The van der Waals surface area contributed by atoms with Crippen LogP contribution < -0.4 is 5.32 Å². The fraction of sp³-hybridized carbons (Fsp3) is 0.538. The molecule has 0 heterocycles. The molecule has 0 aromatic heterocycles. The van der Waals surface area contributed by atoms with Crippen LogP contribution in [0.2, 0.25) is 0 Å². The Morgan fingerprint density at radius 2 is 1.93 bits per heavy atom. The van der Waals surface area contributed by atoms with Crippen molar-refractivity contribution in [3.63, 3.8) is 0 Å². The maximum atomic E-state index is 3.47. The number of hydrogen-bond donors (Lipinski definition) is 1. The van der Waals surface area contributed by atoms with E-state index in [1.807, 2.05) is 0 Å². The van der Waals surface area contributed by atoms with Gasteiger partial charge in [0.1, 0.15) is 0 Å². The van der Waals surface area contributed by atoms with E-state index >= 15 is 0 Å². The van der Waals surface area contributed by atoms with Gasteiger partial charge < -0.3 is 5.32 Å². The molecule has 1 fully saturated rings. The molecule has 0 amide bonds. The van der Waals surface area contributed by atoms with E-state index in [-0.39, 0.29) is 0 Å². The number of hydrogen-bond acceptors (Lipinski definition) is 1. The van der Waals surface area contributed by atoms with Crippen LogP contribution in [0.4, 0.5) is 0 Å². The van der Waals surface area contributed by atoms with E-state index < -0.39 is 0 Å². The Bertz CT molecular complexity index is 275. The van der Waals surface area contributed by atoms with E-state index in [4.69, 9.17) is 0 Å². The molecule has 0 spiro atoms. The standard InChI is InChI=1S/C13H19N/c1-2-14-11-13(8-9-13)10-12-6-4-3-5-7-12/h3-7,14H,2,8-11H2,1H3. The van der Waals surface area contributed by atoms with Crippen molar-refractivity contribution < 1.29 is 0 Å². The minimum atomic E-state index is 0.595. The SMILES string of the molecule is CCNCC1(Cc2ccccc2)CC1. The van der Waals surface area contributed by atoms with Crippen LogP contribution >= 0.6 is 0 Å². The van der Waals surface area contributed by atoms with Crippen molar-refractivity contribution in [3.05, 3.63) is 35.9 Å². The van der Waals surface area contributed by atoms with Crippen molar-refractivity contribution in [3.8, 4) is 0 Å². The van der Waals surface area contributed by atoms with Gasteiger partial charge in [0.2, 0.25) is 0 Å². The van der Waals surface area contributed by atoms with Crippen LogP contribution in [0.5, 0.6) is 0 Å². The Morgan fingerprint density at radius 1 is 1.21 bits per heavy atom. The first-order valence-electron chi connectivity index (χ1n) is 5.59. The molecule has 1 nitrogen and oxygen atoms in total. The van der Waals surface area contributed by atoms with Gasteiger partial charge in [0.05, 0.1) is 0 Å². The molecule has 0 aliphatic heterocycles. The third-order valence-corrected chi connectivity index (χ3v) is 3.13. The highest BCUT2D eigenvalue weighted by molar-refractivity contribution is 5.18. The van der Waals surface area contributed by atoms with Crippen molar-refractivity contribution >= 4 is 0 Å². The number of rotatable bonds is 5. The first kappa shape index (κ1) is 9.72. The van der Waals surface area contributed by atoms with Gasteiger partial charge in [0.15, 0.2) is 0 Å². The van der Waals surface area contributed by atoms with Crippen LogP contribution in [0.3, 0.4) is 0 Å². The zero-order chi connectivity index (χ0) is 9.86. The lowest BCUT2D eigenvalue weighted by Crippen LogP contribution is -2.25. The predicted octanol–water partition coefficient (Wildman–Crippen LogP) is 2.62. The lowest BCUT2D eigenvalue weighted by atomic mass is 9.96. The topological polar surface area (TPSA) is 12.0 Å². The van der Waals surface area contributed by atoms with Crippen molar-refractivity contribution in [1.29, 1.82) is 0 Å². The van der Waals surface area contributed by atoms with Gasteiger partial charge in [0, 0.05) is 6.54 Å². The smallest absolute Gasteiger partial charge is 0.00109 e. The Balaban J connectivity index is 1.91. The van der Waals surface area contributed by atoms with Gasteiger partial charge in [-0.1, -0.05) is 37.3 Å². The number of nitrogens with one attached hydrogen (secondary N) is 1. The van der Waals surface area contributed by atoms with Crippen molar-refractivity contribution in [2.45, 2.75) is 26.2 Å². The molecule has 1 heteroatoms. The minimum Gasteiger partial charge on any atom is -0.316 e. The summed E-state index contributed by atoms with van der Waals surface area (Å²) < 4.78 is 0. The minimum absolute atomic E-state index is 0.595. The second kappa shape index (κ2) is 4.14.